The number of fused-ring (bicyclic) bond motifs is 1. The fraction of sp³-hybridized carbons (Fsp3) is 0.308. The second-order valence-electron chi connectivity index (χ2n) is 5.08. The maximum Gasteiger partial charge on any atom is 0.229 e. The molecule has 9 heteroatoms. The van der Waals surface area contributed by atoms with Gasteiger partial charge in [-0.25, -0.2) is 9.97 Å². The van der Waals surface area contributed by atoms with Crippen molar-refractivity contribution in [2.24, 2.45) is 0 Å². The van der Waals surface area contributed by atoms with Gasteiger partial charge < -0.3 is 16.4 Å². The Hall–Kier alpha value is -2.55. The first-order valence-corrected chi connectivity index (χ1v) is 7.44. The molecule has 3 rings (SSSR count). The van der Waals surface area contributed by atoms with Crippen LogP contribution in [0.3, 0.4) is 0 Å². The van der Waals surface area contributed by atoms with Crippen molar-refractivity contribution in [1.29, 1.82) is 0 Å². The highest BCUT2D eigenvalue weighted by atomic mass is 32.1. The predicted molar refractivity (Wildman–Crippen MR) is 87.9 cm³/mol. The lowest BCUT2D eigenvalue weighted by Crippen LogP contribution is -2.16. The number of nitrogens with two attached hydrogens (primary N) is 2. The molecule has 0 bridgehead atoms. The molecule has 0 saturated heterocycles. The fourth-order valence-electron chi connectivity index (χ4n) is 2.03. The minimum Gasteiger partial charge on any atom is -0.383 e. The van der Waals surface area contributed by atoms with Gasteiger partial charge in [0.15, 0.2) is 0 Å². The van der Waals surface area contributed by atoms with E-state index in [-0.39, 0.29) is 5.95 Å². The van der Waals surface area contributed by atoms with Crippen LogP contribution in [-0.4, -0.2) is 39.0 Å². The first kappa shape index (κ1) is 14.4. The highest BCUT2D eigenvalue weighted by Gasteiger charge is 2.12. The molecule has 0 spiro atoms. The number of aryl methyl sites for hydroxylation is 1. The Labute approximate surface area is 131 Å². The highest BCUT2D eigenvalue weighted by molar-refractivity contribution is 7.18. The standard InChI is InChI=1S/C13H16N8S/c1-6-4-7-10(14)16-8(17-11(7)22-6)5-9-18-12(15)20-13(19-9)21(2)3/h4H,5H2,1-3H3,(H2,14,16,17)(H2,15,18,19,20). The zero-order valence-corrected chi connectivity index (χ0v) is 13.3. The van der Waals surface area contributed by atoms with Crippen LogP contribution in [0.2, 0.25) is 0 Å². The molecule has 0 amide bonds. The molecule has 0 radical (unpaired) electrons. The summed E-state index contributed by atoms with van der Waals surface area (Å²) in [7, 11) is 3.68. The lowest BCUT2D eigenvalue weighted by molar-refractivity contribution is 0.862. The molecule has 0 fully saturated rings. The predicted octanol–water partition coefficient (Wildman–Crippen LogP) is 1.01. The molecule has 0 saturated carbocycles. The second-order valence-corrected chi connectivity index (χ2v) is 6.32. The Morgan fingerprint density at radius 2 is 1.77 bits per heavy atom. The van der Waals surface area contributed by atoms with Gasteiger partial charge in [0.25, 0.3) is 0 Å². The minimum atomic E-state index is 0.176. The molecule has 0 aliphatic carbocycles. The molecule has 3 aromatic heterocycles. The molecular weight excluding hydrogens is 300 g/mol. The summed E-state index contributed by atoms with van der Waals surface area (Å²) in [5.74, 6) is 2.24. The number of aromatic nitrogens is 5. The Morgan fingerprint density at radius 3 is 2.50 bits per heavy atom. The van der Waals surface area contributed by atoms with Crippen molar-refractivity contribution in [2.75, 3.05) is 30.5 Å². The van der Waals surface area contributed by atoms with Crippen molar-refractivity contribution >= 4 is 39.3 Å². The number of nitrogens with zero attached hydrogens (tertiary/aromatic N) is 6. The number of anilines is 3. The van der Waals surface area contributed by atoms with Crippen LogP contribution in [-0.2, 0) is 6.42 Å². The van der Waals surface area contributed by atoms with Crippen LogP contribution >= 0.6 is 11.3 Å². The molecule has 22 heavy (non-hydrogen) atoms. The van der Waals surface area contributed by atoms with Crippen LogP contribution in [0.4, 0.5) is 17.7 Å². The molecular formula is C13H16N8S. The molecule has 4 N–H and O–H groups in total. The van der Waals surface area contributed by atoms with E-state index in [2.05, 4.69) is 24.9 Å². The van der Waals surface area contributed by atoms with Gasteiger partial charge in [0.2, 0.25) is 11.9 Å². The summed E-state index contributed by atoms with van der Waals surface area (Å²) in [4.78, 5) is 25.2. The average Bonchev–Trinajstić information content (AvgIpc) is 2.79. The Morgan fingerprint density at radius 1 is 1.05 bits per heavy atom. The third-order valence-electron chi connectivity index (χ3n) is 3.00. The van der Waals surface area contributed by atoms with E-state index >= 15 is 0 Å². The van der Waals surface area contributed by atoms with Crippen LogP contribution in [0, 0.1) is 6.92 Å². The maximum atomic E-state index is 6.00. The summed E-state index contributed by atoms with van der Waals surface area (Å²) in [5, 5.41) is 0.885. The number of rotatable bonds is 3. The van der Waals surface area contributed by atoms with Crippen LogP contribution in [0.25, 0.3) is 10.2 Å². The van der Waals surface area contributed by atoms with Gasteiger partial charge in [-0.05, 0) is 13.0 Å². The normalized spacial score (nSPS) is 11.0. The van der Waals surface area contributed by atoms with Crippen molar-refractivity contribution in [3.8, 4) is 0 Å². The van der Waals surface area contributed by atoms with Gasteiger partial charge in [0, 0.05) is 19.0 Å². The zero-order chi connectivity index (χ0) is 15.9. The van der Waals surface area contributed by atoms with Gasteiger partial charge in [0.1, 0.15) is 22.3 Å². The summed E-state index contributed by atoms with van der Waals surface area (Å²) in [6.45, 7) is 2.02. The Kier molecular flexibility index (Phi) is 3.49. The van der Waals surface area contributed by atoms with Crippen molar-refractivity contribution in [3.05, 3.63) is 22.6 Å². The minimum absolute atomic E-state index is 0.176. The van der Waals surface area contributed by atoms with Crippen molar-refractivity contribution in [3.63, 3.8) is 0 Å². The van der Waals surface area contributed by atoms with Gasteiger partial charge >= 0.3 is 0 Å². The molecule has 0 aliphatic rings. The van der Waals surface area contributed by atoms with Gasteiger partial charge in [-0.1, -0.05) is 0 Å². The molecule has 0 atom stereocenters. The molecule has 8 nitrogen and oxygen atoms in total. The SMILES string of the molecule is Cc1cc2c(N)nc(Cc3nc(N)nc(N(C)C)n3)nc2s1. The van der Waals surface area contributed by atoms with Crippen LogP contribution in [0.15, 0.2) is 6.07 Å². The van der Waals surface area contributed by atoms with E-state index in [1.54, 1.807) is 16.2 Å². The number of thiophene rings is 1. The average molecular weight is 316 g/mol. The smallest absolute Gasteiger partial charge is 0.229 e. The van der Waals surface area contributed by atoms with E-state index < -0.39 is 0 Å². The monoisotopic (exact) mass is 316 g/mol. The highest BCUT2D eigenvalue weighted by Crippen LogP contribution is 2.27. The lowest BCUT2D eigenvalue weighted by Gasteiger charge is -2.11. The van der Waals surface area contributed by atoms with Crippen LogP contribution < -0.4 is 16.4 Å². The lowest BCUT2D eigenvalue weighted by atomic mass is 10.3. The van der Waals surface area contributed by atoms with E-state index in [4.69, 9.17) is 11.5 Å². The van der Waals surface area contributed by atoms with Gasteiger partial charge in [-0.3, -0.25) is 0 Å². The fourth-order valence-corrected chi connectivity index (χ4v) is 2.94. The van der Waals surface area contributed by atoms with E-state index in [1.807, 2.05) is 27.1 Å². The third kappa shape index (κ3) is 2.75. The first-order chi connectivity index (χ1) is 10.4. The number of hydrogen-bond acceptors (Lipinski definition) is 9. The third-order valence-corrected chi connectivity index (χ3v) is 3.94. The van der Waals surface area contributed by atoms with E-state index in [9.17, 15) is 0 Å². The topological polar surface area (TPSA) is 120 Å². The summed E-state index contributed by atoms with van der Waals surface area (Å²) in [5.41, 5.74) is 11.7. The summed E-state index contributed by atoms with van der Waals surface area (Å²) >= 11 is 1.59. The van der Waals surface area contributed by atoms with Gasteiger partial charge in [-0.15, -0.1) is 11.3 Å². The molecule has 3 heterocycles. The van der Waals surface area contributed by atoms with Crippen molar-refractivity contribution < 1.29 is 0 Å². The van der Waals surface area contributed by atoms with E-state index in [0.29, 0.717) is 29.8 Å². The van der Waals surface area contributed by atoms with Crippen molar-refractivity contribution in [1.82, 2.24) is 24.9 Å². The number of nitrogen functional groups attached to an aromatic ring is 2. The summed E-state index contributed by atoms with van der Waals surface area (Å²) < 4.78 is 0. The second kappa shape index (κ2) is 5.34. The van der Waals surface area contributed by atoms with Gasteiger partial charge in [0.05, 0.1) is 11.8 Å². The molecule has 114 valence electrons. The Balaban J connectivity index is 1.99. The van der Waals surface area contributed by atoms with Crippen molar-refractivity contribution in [2.45, 2.75) is 13.3 Å². The summed E-state index contributed by atoms with van der Waals surface area (Å²) in [6.07, 6.45) is 0.352. The van der Waals surface area contributed by atoms with Crippen LogP contribution in [0.1, 0.15) is 16.5 Å². The van der Waals surface area contributed by atoms with E-state index in [0.717, 1.165) is 15.1 Å². The molecule has 0 unspecified atom stereocenters. The van der Waals surface area contributed by atoms with Gasteiger partial charge in [-0.2, -0.15) is 15.0 Å². The largest absolute Gasteiger partial charge is 0.383 e. The molecule has 0 aliphatic heterocycles. The zero-order valence-electron chi connectivity index (χ0n) is 12.5. The summed E-state index contributed by atoms with van der Waals surface area (Å²) in [6, 6.07) is 1.99. The molecule has 0 aromatic carbocycles. The van der Waals surface area contributed by atoms with E-state index in [1.165, 1.54) is 0 Å². The number of hydrogen-bond donors (Lipinski definition) is 2. The quantitative estimate of drug-likeness (QED) is 0.734. The maximum absolute atomic E-state index is 6.00. The molecule has 3 aromatic rings. The first-order valence-electron chi connectivity index (χ1n) is 6.62. The van der Waals surface area contributed by atoms with Crippen LogP contribution in [0.5, 0.6) is 0 Å². The Bertz CT molecular complexity index is 841.